The lowest BCUT2D eigenvalue weighted by Crippen LogP contribution is -2.10. The summed E-state index contributed by atoms with van der Waals surface area (Å²) in [7, 11) is 1.58. The van der Waals surface area contributed by atoms with Gasteiger partial charge in [0.25, 0.3) is 0 Å². The van der Waals surface area contributed by atoms with Crippen LogP contribution in [-0.2, 0) is 9.53 Å². The molecule has 1 heterocycles. The van der Waals surface area contributed by atoms with Crippen molar-refractivity contribution in [3.05, 3.63) is 16.5 Å². The second-order valence-corrected chi connectivity index (χ2v) is 4.62. The summed E-state index contributed by atoms with van der Waals surface area (Å²) < 4.78 is 4.84. The topological polar surface area (TPSA) is 75.6 Å². The van der Waals surface area contributed by atoms with E-state index in [0.29, 0.717) is 30.0 Å². The predicted molar refractivity (Wildman–Crippen MR) is 65.8 cm³/mol. The molecular weight excluding hydrogens is 242 g/mol. The molecule has 0 spiro atoms. The highest BCUT2D eigenvalue weighted by Crippen LogP contribution is 2.26. The van der Waals surface area contributed by atoms with Crippen LogP contribution in [0.4, 0.5) is 5.00 Å². The third kappa shape index (κ3) is 4.16. The van der Waals surface area contributed by atoms with Crippen LogP contribution in [0.15, 0.2) is 6.07 Å². The van der Waals surface area contributed by atoms with E-state index >= 15 is 0 Å². The van der Waals surface area contributed by atoms with Crippen LogP contribution in [0, 0.1) is 6.92 Å². The zero-order valence-electron chi connectivity index (χ0n) is 9.78. The lowest BCUT2D eigenvalue weighted by atomic mass is 10.3. The molecule has 0 fully saturated rings. The van der Waals surface area contributed by atoms with E-state index in [1.54, 1.807) is 20.1 Å². The molecule has 6 heteroatoms. The Morgan fingerprint density at radius 1 is 1.53 bits per heavy atom. The van der Waals surface area contributed by atoms with Crippen LogP contribution in [-0.4, -0.2) is 30.7 Å². The van der Waals surface area contributed by atoms with Crippen LogP contribution in [0.2, 0.25) is 0 Å². The van der Waals surface area contributed by atoms with Gasteiger partial charge in [0, 0.05) is 20.1 Å². The fourth-order valence-electron chi connectivity index (χ4n) is 1.33. The number of hydrogen-bond acceptors (Lipinski definition) is 4. The normalized spacial score (nSPS) is 10.2. The minimum atomic E-state index is -0.965. The number of carbonyl (C=O) groups excluding carboxylic acids is 1. The van der Waals surface area contributed by atoms with Crippen molar-refractivity contribution in [3.63, 3.8) is 0 Å². The maximum absolute atomic E-state index is 11.5. The number of rotatable bonds is 6. The fraction of sp³-hybridized carbons (Fsp3) is 0.455. The van der Waals surface area contributed by atoms with Gasteiger partial charge in [-0.2, -0.15) is 0 Å². The molecule has 5 nitrogen and oxygen atoms in total. The van der Waals surface area contributed by atoms with E-state index < -0.39 is 5.97 Å². The van der Waals surface area contributed by atoms with Gasteiger partial charge >= 0.3 is 5.97 Å². The zero-order valence-corrected chi connectivity index (χ0v) is 10.6. The number of aryl methyl sites for hydroxylation is 1. The van der Waals surface area contributed by atoms with Crippen LogP contribution >= 0.6 is 11.3 Å². The summed E-state index contributed by atoms with van der Waals surface area (Å²) in [4.78, 5) is 22.5. The van der Waals surface area contributed by atoms with E-state index in [0.717, 1.165) is 11.3 Å². The number of carboxylic acids is 1. The minimum Gasteiger partial charge on any atom is -0.477 e. The first-order valence-corrected chi connectivity index (χ1v) is 5.98. The number of carboxylic acid groups (broad SMARTS) is 1. The van der Waals surface area contributed by atoms with E-state index in [2.05, 4.69) is 5.32 Å². The molecule has 1 aromatic rings. The van der Waals surface area contributed by atoms with Gasteiger partial charge in [0.05, 0.1) is 5.00 Å². The van der Waals surface area contributed by atoms with Crippen molar-refractivity contribution in [3.8, 4) is 0 Å². The number of hydrogen-bond donors (Lipinski definition) is 2. The maximum atomic E-state index is 11.5. The van der Waals surface area contributed by atoms with Gasteiger partial charge in [0.15, 0.2) is 0 Å². The Kier molecular flexibility index (Phi) is 5.11. The third-order valence-electron chi connectivity index (χ3n) is 2.13. The molecule has 0 radical (unpaired) electrons. The van der Waals surface area contributed by atoms with Gasteiger partial charge in [-0.05, 0) is 25.0 Å². The van der Waals surface area contributed by atoms with E-state index in [4.69, 9.17) is 9.84 Å². The van der Waals surface area contributed by atoms with Crippen LogP contribution < -0.4 is 5.32 Å². The lowest BCUT2D eigenvalue weighted by Gasteiger charge is -2.01. The molecule has 0 aliphatic rings. The molecule has 0 saturated heterocycles. The van der Waals surface area contributed by atoms with Crippen molar-refractivity contribution in [2.24, 2.45) is 0 Å². The zero-order chi connectivity index (χ0) is 12.8. The Balaban J connectivity index is 2.54. The first-order chi connectivity index (χ1) is 8.04. The largest absolute Gasteiger partial charge is 0.477 e. The Hall–Kier alpha value is -1.40. The van der Waals surface area contributed by atoms with Crippen molar-refractivity contribution in [1.29, 1.82) is 0 Å². The van der Waals surface area contributed by atoms with Crippen molar-refractivity contribution >= 4 is 28.2 Å². The summed E-state index contributed by atoms with van der Waals surface area (Å²) in [6.45, 7) is 2.25. The molecule has 1 rings (SSSR count). The van der Waals surface area contributed by atoms with Crippen LogP contribution in [0.5, 0.6) is 0 Å². The van der Waals surface area contributed by atoms with Gasteiger partial charge in [-0.1, -0.05) is 0 Å². The lowest BCUT2D eigenvalue weighted by molar-refractivity contribution is -0.116. The van der Waals surface area contributed by atoms with Crippen molar-refractivity contribution in [2.45, 2.75) is 19.8 Å². The molecule has 0 bridgehead atoms. The highest BCUT2D eigenvalue weighted by atomic mass is 32.1. The number of ether oxygens (including phenoxy) is 1. The molecule has 2 N–H and O–H groups in total. The first-order valence-electron chi connectivity index (χ1n) is 5.17. The van der Waals surface area contributed by atoms with Crippen LogP contribution in [0.25, 0.3) is 0 Å². The molecule has 0 aliphatic heterocycles. The number of amides is 1. The number of nitrogens with one attached hydrogen (secondary N) is 1. The number of carbonyl (C=O) groups is 2. The summed E-state index contributed by atoms with van der Waals surface area (Å²) in [5, 5.41) is 12.1. The van der Waals surface area contributed by atoms with Gasteiger partial charge in [-0.15, -0.1) is 11.3 Å². The third-order valence-corrected chi connectivity index (χ3v) is 3.27. The Bertz CT molecular complexity index is 414. The summed E-state index contributed by atoms with van der Waals surface area (Å²) in [5.74, 6) is -1.09. The minimum absolute atomic E-state index is 0.125. The second-order valence-electron chi connectivity index (χ2n) is 3.57. The molecule has 1 amide bonds. The highest BCUT2D eigenvalue weighted by Gasteiger charge is 2.13. The van der Waals surface area contributed by atoms with Gasteiger partial charge in [0.2, 0.25) is 5.91 Å². The number of thiophene rings is 1. The van der Waals surface area contributed by atoms with Crippen molar-refractivity contribution in [2.75, 3.05) is 19.0 Å². The Morgan fingerprint density at radius 2 is 2.24 bits per heavy atom. The van der Waals surface area contributed by atoms with E-state index in [-0.39, 0.29) is 10.8 Å². The molecule has 0 saturated carbocycles. The van der Waals surface area contributed by atoms with Gasteiger partial charge in [-0.25, -0.2) is 4.79 Å². The van der Waals surface area contributed by atoms with Crippen LogP contribution in [0.1, 0.15) is 28.1 Å². The van der Waals surface area contributed by atoms with Crippen molar-refractivity contribution in [1.82, 2.24) is 0 Å². The molecule has 0 aromatic carbocycles. The maximum Gasteiger partial charge on any atom is 0.346 e. The Labute approximate surface area is 103 Å². The molecule has 0 unspecified atom stereocenters. The molecule has 0 aliphatic carbocycles. The van der Waals surface area contributed by atoms with E-state index in [1.165, 1.54) is 0 Å². The van der Waals surface area contributed by atoms with E-state index in [9.17, 15) is 9.59 Å². The summed E-state index contributed by atoms with van der Waals surface area (Å²) in [6, 6.07) is 1.67. The Morgan fingerprint density at radius 3 is 2.76 bits per heavy atom. The van der Waals surface area contributed by atoms with Gasteiger partial charge in [0.1, 0.15) is 4.88 Å². The van der Waals surface area contributed by atoms with Gasteiger partial charge in [-0.3, -0.25) is 4.79 Å². The standard InChI is InChI=1S/C11H15NO4S/c1-7-6-9(17-10(7)11(14)15)12-8(13)4-3-5-16-2/h6H,3-5H2,1-2H3,(H,12,13)(H,14,15). The first kappa shape index (κ1) is 13.7. The molecule has 94 valence electrons. The average molecular weight is 257 g/mol. The predicted octanol–water partition coefficient (Wildman–Crippen LogP) is 2.12. The second kappa shape index (κ2) is 6.36. The van der Waals surface area contributed by atoms with E-state index in [1.807, 2.05) is 0 Å². The van der Waals surface area contributed by atoms with Crippen LogP contribution in [0.3, 0.4) is 0 Å². The molecule has 0 atom stereocenters. The summed E-state index contributed by atoms with van der Waals surface area (Å²) in [5.41, 5.74) is 0.662. The summed E-state index contributed by atoms with van der Waals surface area (Å²) >= 11 is 1.07. The number of anilines is 1. The molecule has 1 aromatic heterocycles. The SMILES string of the molecule is COCCCC(=O)Nc1cc(C)c(C(=O)O)s1. The monoisotopic (exact) mass is 257 g/mol. The fourth-order valence-corrected chi connectivity index (χ4v) is 2.26. The number of methoxy groups -OCH3 is 1. The molecule has 17 heavy (non-hydrogen) atoms. The number of aromatic carboxylic acids is 1. The quantitative estimate of drug-likeness (QED) is 0.765. The van der Waals surface area contributed by atoms with Gasteiger partial charge < -0.3 is 15.2 Å². The average Bonchev–Trinajstić information content (AvgIpc) is 2.60. The smallest absolute Gasteiger partial charge is 0.346 e. The molecular formula is C11H15NO4S. The highest BCUT2D eigenvalue weighted by molar-refractivity contribution is 7.18. The summed E-state index contributed by atoms with van der Waals surface area (Å²) in [6.07, 6.45) is 1.02. The van der Waals surface area contributed by atoms with Crippen molar-refractivity contribution < 1.29 is 19.4 Å².